The van der Waals surface area contributed by atoms with Crippen LogP contribution in [0.4, 0.5) is 0 Å². The Balaban J connectivity index is 2.29. The van der Waals surface area contributed by atoms with Gasteiger partial charge < -0.3 is 10.6 Å². The summed E-state index contributed by atoms with van der Waals surface area (Å²) in [7, 11) is 0. The second-order valence-electron chi connectivity index (χ2n) is 5.29. The standard InChI is InChI=1S/C14H21BrN2O/c1-14(2,3)17-9-8-16-13(18)10-11-6-4-5-7-12(11)15/h4-7,17H,8-10H2,1-3H3,(H,16,18). The van der Waals surface area contributed by atoms with Crippen molar-refractivity contribution < 1.29 is 4.79 Å². The van der Waals surface area contributed by atoms with Crippen LogP contribution in [0.15, 0.2) is 28.7 Å². The predicted molar refractivity (Wildman–Crippen MR) is 78.6 cm³/mol. The first-order valence-electron chi connectivity index (χ1n) is 6.13. The highest BCUT2D eigenvalue weighted by molar-refractivity contribution is 9.10. The molecular formula is C14H21BrN2O. The lowest BCUT2D eigenvalue weighted by Crippen LogP contribution is -2.41. The number of carbonyl (C=O) groups excluding carboxylic acids is 1. The fourth-order valence-electron chi connectivity index (χ4n) is 1.52. The van der Waals surface area contributed by atoms with E-state index in [-0.39, 0.29) is 11.4 Å². The van der Waals surface area contributed by atoms with Crippen molar-refractivity contribution in [1.29, 1.82) is 0 Å². The molecule has 0 heterocycles. The summed E-state index contributed by atoms with van der Waals surface area (Å²) < 4.78 is 0.980. The van der Waals surface area contributed by atoms with Gasteiger partial charge in [-0.15, -0.1) is 0 Å². The van der Waals surface area contributed by atoms with E-state index in [0.29, 0.717) is 13.0 Å². The molecular weight excluding hydrogens is 292 g/mol. The van der Waals surface area contributed by atoms with Gasteiger partial charge in [-0.2, -0.15) is 0 Å². The summed E-state index contributed by atoms with van der Waals surface area (Å²) in [6.07, 6.45) is 0.414. The van der Waals surface area contributed by atoms with Gasteiger partial charge in [0.05, 0.1) is 6.42 Å². The average Bonchev–Trinajstić information content (AvgIpc) is 2.26. The molecule has 0 bridgehead atoms. The van der Waals surface area contributed by atoms with Crippen LogP contribution in [0.3, 0.4) is 0 Å². The van der Waals surface area contributed by atoms with Crippen LogP contribution in [0.1, 0.15) is 26.3 Å². The molecule has 1 rings (SSSR count). The van der Waals surface area contributed by atoms with Crippen molar-refractivity contribution in [3.05, 3.63) is 34.3 Å². The second-order valence-corrected chi connectivity index (χ2v) is 6.15. The summed E-state index contributed by atoms with van der Waals surface area (Å²) in [4.78, 5) is 11.7. The smallest absolute Gasteiger partial charge is 0.224 e. The van der Waals surface area contributed by atoms with E-state index in [4.69, 9.17) is 0 Å². The molecule has 0 radical (unpaired) electrons. The molecule has 1 amide bonds. The fraction of sp³-hybridized carbons (Fsp3) is 0.500. The Hall–Kier alpha value is -0.870. The molecule has 1 aromatic rings. The van der Waals surface area contributed by atoms with Crippen molar-refractivity contribution in [1.82, 2.24) is 10.6 Å². The SMILES string of the molecule is CC(C)(C)NCCNC(=O)Cc1ccccc1Br. The molecule has 0 spiro atoms. The minimum atomic E-state index is 0.0533. The third kappa shape index (κ3) is 6.17. The fourth-order valence-corrected chi connectivity index (χ4v) is 1.94. The quantitative estimate of drug-likeness (QED) is 0.820. The van der Waals surface area contributed by atoms with Gasteiger partial charge in [-0.1, -0.05) is 34.1 Å². The zero-order valence-electron chi connectivity index (χ0n) is 11.2. The maximum absolute atomic E-state index is 11.7. The Bertz CT molecular complexity index is 399. The predicted octanol–water partition coefficient (Wildman–Crippen LogP) is 2.50. The molecule has 4 heteroatoms. The minimum Gasteiger partial charge on any atom is -0.355 e. The Morgan fingerprint density at radius 1 is 1.22 bits per heavy atom. The molecule has 3 nitrogen and oxygen atoms in total. The number of halogens is 1. The van der Waals surface area contributed by atoms with Crippen LogP contribution in [-0.4, -0.2) is 24.5 Å². The molecule has 2 N–H and O–H groups in total. The van der Waals surface area contributed by atoms with Gasteiger partial charge in [-0.05, 0) is 32.4 Å². The van der Waals surface area contributed by atoms with Gasteiger partial charge in [0, 0.05) is 23.1 Å². The van der Waals surface area contributed by atoms with Crippen LogP contribution in [0.25, 0.3) is 0 Å². The molecule has 1 aromatic carbocycles. The Morgan fingerprint density at radius 3 is 2.50 bits per heavy atom. The van der Waals surface area contributed by atoms with Gasteiger partial charge in [0.2, 0.25) is 5.91 Å². The number of carbonyl (C=O) groups is 1. The van der Waals surface area contributed by atoms with Crippen molar-refractivity contribution in [3.63, 3.8) is 0 Å². The summed E-state index contributed by atoms with van der Waals surface area (Å²) in [6, 6.07) is 7.79. The van der Waals surface area contributed by atoms with E-state index >= 15 is 0 Å². The van der Waals surface area contributed by atoms with Gasteiger partial charge in [0.25, 0.3) is 0 Å². The van der Waals surface area contributed by atoms with Crippen LogP contribution in [-0.2, 0) is 11.2 Å². The summed E-state index contributed by atoms with van der Waals surface area (Å²) in [5.41, 5.74) is 1.10. The van der Waals surface area contributed by atoms with Gasteiger partial charge in [-0.25, -0.2) is 0 Å². The van der Waals surface area contributed by atoms with E-state index in [1.165, 1.54) is 0 Å². The van der Waals surface area contributed by atoms with E-state index in [1.807, 2.05) is 24.3 Å². The maximum atomic E-state index is 11.7. The van der Waals surface area contributed by atoms with E-state index in [1.54, 1.807) is 0 Å². The molecule has 0 unspecified atom stereocenters. The molecule has 0 aliphatic carbocycles. The molecule has 18 heavy (non-hydrogen) atoms. The zero-order valence-corrected chi connectivity index (χ0v) is 12.8. The molecule has 0 atom stereocenters. The molecule has 0 saturated carbocycles. The topological polar surface area (TPSA) is 41.1 Å². The van der Waals surface area contributed by atoms with Crippen molar-refractivity contribution in [2.45, 2.75) is 32.7 Å². The summed E-state index contributed by atoms with van der Waals surface area (Å²) >= 11 is 3.44. The molecule has 0 saturated heterocycles. The van der Waals surface area contributed by atoms with Crippen molar-refractivity contribution >= 4 is 21.8 Å². The Kier molecular flexibility index (Phi) is 5.82. The first-order valence-corrected chi connectivity index (χ1v) is 6.93. The zero-order chi connectivity index (χ0) is 13.6. The number of hydrogen-bond donors (Lipinski definition) is 2. The Labute approximate surface area is 117 Å². The van der Waals surface area contributed by atoms with Crippen molar-refractivity contribution in [2.24, 2.45) is 0 Å². The maximum Gasteiger partial charge on any atom is 0.224 e. The van der Waals surface area contributed by atoms with Crippen LogP contribution in [0.2, 0.25) is 0 Å². The first-order chi connectivity index (χ1) is 8.38. The number of benzene rings is 1. The van der Waals surface area contributed by atoms with Gasteiger partial charge in [-0.3, -0.25) is 4.79 Å². The molecule has 0 aromatic heterocycles. The highest BCUT2D eigenvalue weighted by Gasteiger charge is 2.09. The van der Waals surface area contributed by atoms with E-state index < -0.39 is 0 Å². The first kappa shape index (κ1) is 15.2. The minimum absolute atomic E-state index is 0.0533. The van der Waals surface area contributed by atoms with Crippen molar-refractivity contribution in [3.8, 4) is 0 Å². The largest absolute Gasteiger partial charge is 0.355 e. The molecule has 0 aliphatic rings. The van der Waals surface area contributed by atoms with Gasteiger partial charge in [0.1, 0.15) is 0 Å². The van der Waals surface area contributed by atoms with E-state index in [9.17, 15) is 4.79 Å². The summed E-state index contributed by atoms with van der Waals surface area (Å²) in [6.45, 7) is 7.76. The number of rotatable bonds is 5. The van der Waals surface area contributed by atoms with Gasteiger partial charge in [0.15, 0.2) is 0 Å². The van der Waals surface area contributed by atoms with E-state index in [2.05, 4.69) is 47.3 Å². The lowest BCUT2D eigenvalue weighted by molar-refractivity contribution is -0.120. The van der Waals surface area contributed by atoms with E-state index in [0.717, 1.165) is 16.6 Å². The lowest BCUT2D eigenvalue weighted by Gasteiger charge is -2.20. The molecule has 100 valence electrons. The van der Waals surface area contributed by atoms with Gasteiger partial charge >= 0.3 is 0 Å². The van der Waals surface area contributed by atoms with Crippen molar-refractivity contribution in [2.75, 3.05) is 13.1 Å². The normalized spacial score (nSPS) is 11.3. The highest BCUT2D eigenvalue weighted by Crippen LogP contribution is 2.15. The third-order valence-electron chi connectivity index (χ3n) is 2.41. The average molecular weight is 313 g/mol. The monoisotopic (exact) mass is 312 g/mol. The summed E-state index contributed by atoms with van der Waals surface area (Å²) in [5, 5.41) is 6.24. The van der Waals surface area contributed by atoms with Crippen LogP contribution >= 0.6 is 15.9 Å². The van der Waals surface area contributed by atoms with Crippen LogP contribution in [0, 0.1) is 0 Å². The number of nitrogens with one attached hydrogen (secondary N) is 2. The second kappa shape index (κ2) is 6.90. The highest BCUT2D eigenvalue weighted by atomic mass is 79.9. The van der Waals surface area contributed by atoms with Crippen LogP contribution < -0.4 is 10.6 Å². The molecule has 0 fully saturated rings. The molecule has 0 aliphatic heterocycles. The third-order valence-corrected chi connectivity index (χ3v) is 3.18. The summed E-state index contributed by atoms with van der Waals surface area (Å²) in [5.74, 6) is 0.0533. The number of hydrogen-bond acceptors (Lipinski definition) is 2. The Morgan fingerprint density at radius 2 is 1.89 bits per heavy atom. The number of amides is 1. The lowest BCUT2D eigenvalue weighted by atomic mass is 10.1. The van der Waals surface area contributed by atoms with Crippen LogP contribution in [0.5, 0.6) is 0 Å².